The molecular weight excluding hydrogens is 240 g/mol. The van der Waals surface area contributed by atoms with Gasteiger partial charge in [0, 0.05) is 6.92 Å². The van der Waals surface area contributed by atoms with Gasteiger partial charge in [0.25, 0.3) is 0 Å². The van der Waals surface area contributed by atoms with E-state index >= 15 is 0 Å². The lowest BCUT2D eigenvalue weighted by molar-refractivity contribution is -0.145. The van der Waals surface area contributed by atoms with Gasteiger partial charge in [0.05, 0.1) is 6.10 Å². The van der Waals surface area contributed by atoms with Crippen molar-refractivity contribution in [1.82, 2.24) is 14.5 Å². The monoisotopic (exact) mass is 254 g/mol. The fourth-order valence-electron chi connectivity index (χ4n) is 1.78. The summed E-state index contributed by atoms with van der Waals surface area (Å²) in [6, 6.07) is 0. The lowest BCUT2D eigenvalue weighted by Gasteiger charge is -2.14. The van der Waals surface area contributed by atoms with Gasteiger partial charge in [0.15, 0.2) is 0 Å². The zero-order valence-electron chi connectivity index (χ0n) is 9.91. The fraction of sp³-hybridized carbons (Fsp3) is 0.600. The second-order valence-corrected chi connectivity index (χ2v) is 4.00. The van der Waals surface area contributed by atoms with Crippen molar-refractivity contribution in [2.75, 3.05) is 12.3 Å². The van der Waals surface area contributed by atoms with Crippen LogP contribution in [-0.4, -0.2) is 33.2 Å². The molecule has 0 aliphatic carbocycles. The van der Waals surface area contributed by atoms with Crippen molar-refractivity contribution in [3.63, 3.8) is 0 Å². The molecule has 2 rings (SSSR count). The van der Waals surface area contributed by atoms with Gasteiger partial charge in [-0.15, -0.1) is 0 Å². The molecule has 0 spiro atoms. The molecule has 1 aromatic rings. The van der Waals surface area contributed by atoms with E-state index in [4.69, 9.17) is 15.2 Å². The molecule has 1 saturated heterocycles. The maximum Gasteiger partial charge on any atom is 0.354 e. The van der Waals surface area contributed by atoms with Crippen LogP contribution < -0.4 is 11.4 Å². The normalized spacial score (nSPS) is 22.9. The van der Waals surface area contributed by atoms with Crippen LogP contribution in [0.1, 0.15) is 26.0 Å². The van der Waals surface area contributed by atoms with Gasteiger partial charge in [-0.3, -0.25) is 9.36 Å². The summed E-state index contributed by atoms with van der Waals surface area (Å²) in [5, 5.41) is 0. The first kappa shape index (κ1) is 12.5. The number of ether oxygens (including phenoxy) is 2. The molecule has 2 atom stereocenters. The first-order valence-electron chi connectivity index (χ1n) is 5.55. The Bertz CT molecular complexity index is 501. The molecule has 0 bridgehead atoms. The number of rotatable bonds is 3. The van der Waals surface area contributed by atoms with Gasteiger partial charge in [0.1, 0.15) is 19.2 Å². The van der Waals surface area contributed by atoms with Gasteiger partial charge in [-0.1, -0.05) is 0 Å². The van der Waals surface area contributed by atoms with Gasteiger partial charge in [-0.05, 0) is 12.8 Å². The Morgan fingerprint density at radius 2 is 2.44 bits per heavy atom. The average Bonchev–Trinajstić information content (AvgIpc) is 2.75. The van der Waals surface area contributed by atoms with Gasteiger partial charge in [-0.2, -0.15) is 4.98 Å². The summed E-state index contributed by atoms with van der Waals surface area (Å²) in [5.74, 6) is -0.416. The number of aromatic nitrogens is 3. The molecule has 18 heavy (non-hydrogen) atoms. The molecule has 0 saturated carbocycles. The zero-order valence-corrected chi connectivity index (χ0v) is 9.91. The smallest absolute Gasteiger partial charge is 0.354 e. The first-order chi connectivity index (χ1) is 8.56. The number of nitrogen functional groups attached to an aromatic ring is 1. The van der Waals surface area contributed by atoms with Crippen LogP contribution in [0.15, 0.2) is 11.1 Å². The number of hydrogen-bond acceptors (Lipinski definition) is 7. The average molecular weight is 254 g/mol. The van der Waals surface area contributed by atoms with Gasteiger partial charge in [0.2, 0.25) is 5.95 Å². The number of nitrogens with two attached hydrogens (primary N) is 1. The molecule has 2 N–H and O–H groups in total. The Morgan fingerprint density at radius 3 is 3.11 bits per heavy atom. The van der Waals surface area contributed by atoms with Crippen molar-refractivity contribution in [3.05, 3.63) is 16.8 Å². The standard InChI is InChI=1S/C10H14N4O4/c1-6(15)17-4-7-2-3-8(18-7)14-5-12-9(11)13-10(14)16/h5,7-8H,2-4H2,1H3,(H2,11,13,16)/t7-,8+/m0/s1. The van der Waals surface area contributed by atoms with Crippen molar-refractivity contribution >= 4 is 11.9 Å². The number of esters is 1. The number of carbonyl (C=O) groups excluding carboxylic acids is 1. The van der Waals surface area contributed by atoms with E-state index in [2.05, 4.69) is 9.97 Å². The molecule has 1 aliphatic heterocycles. The zero-order chi connectivity index (χ0) is 13.1. The van der Waals surface area contributed by atoms with Gasteiger partial charge >= 0.3 is 11.7 Å². The Labute approximate surface area is 103 Å². The van der Waals surface area contributed by atoms with Crippen molar-refractivity contribution in [3.8, 4) is 0 Å². The summed E-state index contributed by atoms with van der Waals surface area (Å²) >= 11 is 0. The maximum atomic E-state index is 11.6. The van der Waals surface area contributed by atoms with Crippen LogP contribution in [0.25, 0.3) is 0 Å². The van der Waals surface area contributed by atoms with E-state index in [1.807, 2.05) is 0 Å². The van der Waals surface area contributed by atoms with Crippen molar-refractivity contribution in [1.29, 1.82) is 0 Å². The summed E-state index contributed by atoms with van der Waals surface area (Å²) in [4.78, 5) is 29.5. The van der Waals surface area contributed by atoms with E-state index < -0.39 is 11.9 Å². The molecule has 0 unspecified atom stereocenters. The summed E-state index contributed by atoms with van der Waals surface area (Å²) in [5.41, 5.74) is 4.80. The van der Waals surface area contributed by atoms with Crippen LogP contribution in [0.4, 0.5) is 5.95 Å². The number of anilines is 1. The predicted molar refractivity (Wildman–Crippen MR) is 60.5 cm³/mol. The third-order valence-electron chi connectivity index (χ3n) is 2.61. The second-order valence-electron chi connectivity index (χ2n) is 4.00. The minimum atomic E-state index is -0.499. The van der Waals surface area contributed by atoms with Crippen LogP contribution in [0.2, 0.25) is 0 Å². The summed E-state index contributed by atoms with van der Waals surface area (Å²) in [6.45, 7) is 1.53. The molecule has 2 heterocycles. The number of carbonyl (C=O) groups is 1. The largest absolute Gasteiger partial charge is 0.463 e. The lowest BCUT2D eigenvalue weighted by atomic mass is 10.2. The van der Waals surface area contributed by atoms with Crippen molar-refractivity contribution in [2.45, 2.75) is 32.1 Å². The molecule has 1 fully saturated rings. The van der Waals surface area contributed by atoms with Gasteiger partial charge < -0.3 is 15.2 Å². The topological polar surface area (TPSA) is 109 Å². The predicted octanol–water partition coefficient (Wildman–Crippen LogP) is -0.539. The Balaban J connectivity index is 2.00. The van der Waals surface area contributed by atoms with Crippen LogP contribution >= 0.6 is 0 Å². The summed E-state index contributed by atoms with van der Waals surface area (Å²) < 4.78 is 11.7. The summed E-state index contributed by atoms with van der Waals surface area (Å²) in [6.07, 6.45) is 2.01. The molecule has 0 radical (unpaired) electrons. The van der Waals surface area contributed by atoms with E-state index in [1.54, 1.807) is 0 Å². The minimum Gasteiger partial charge on any atom is -0.463 e. The molecule has 1 aromatic heterocycles. The molecule has 0 amide bonds. The van der Waals surface area contributed by atoms with Gasteiger partial charge in [-0.25, -0.2) is 9.78 Å². The van der Waals surface area contributed by atoms with E-state index in [0.29, 0.717) is 12.8 Å². The Kier molecular flexibility index (Phi) is 3.56. The van der Waals surface area contributed by atoms with Crippen LogP contribution in [0.5, 0.6) is 0 Å². The SMILES string of the molecule is CC(=O)OC[C@@H]1CC[C@H](n2cnc(N)nc2=O)O1. The molecule has 8 nitrogen and oxygen atoms in total. The second kappa shape index (κ2) is 5.13. The van der Waals surface area contributed by atoms with Crippen LogP contribution in [0, 0.1) is 0 Å². The third-order valence-corrected chi connectivity index (χ3v) is 2.61. The maximum absolute atomic E-state index is 11.6. The van der Waals surface area contributed by atoms with Crippen molar-refractivity contribution in [2.24, 2.45) is 0 Å². The number of hydrogen-bond donors (Lipinski definition) is 1. The van der Waals surface area contributed by atoms with Crippen LogP contribution in [0.3, 0.4) is 0 Å². The highest BCUT2D eigenvalue weighted by atomic mass is 16.6. The highest BCUT2D eigenvalue weighted by Crippen LogP contribution is 2.26. The molecule has 8 heteroatoms. The number of nitrogens with zero attached hydrogens (tertiary/aromatic N) is 3. The highest BCUT2D eigenvalue weighted by molar-refractivity contribution is 5.65. The van der Waals surface area contributed by atoms with E-state index in [0.717, 1.165) is 0 Å². The highest BCUT2D eigenvalue weighted by Gasteiger charge is 2.28. The van der Waals surface area contributed by atoms with E-state index in [-0.39, 0.29) is 24.6 Å². The van der Waals surface area contributed by atoms with Crippen LogP contribution in [-0.2, 0) is 14.3 Å². The van der Waals surface area contributed by atoms with E-state index in [9.17, 15) is 9.59 Å². The molecule has 98 valence electrons. The minimum absolute atomic E-state index is 0.0642. The first-order valence-corrected chi connectivity index (χ1v) is 5.55. The third kappa shape index (κ3) is 2.83. The lowest BCUT2D eigenvalue weighted by Crippen LogP contribution is -2.29. The fourth-order valence-corrected chi connectivity index (χ4v) is 1.78. The molecule has 0 aromatic carbocycles. The van der Waals surface area contributed by atoms with Crippen molar-refractivity contribution < 1.29 is 14.3 Å². The molecular formula is C10H14N4O4. The molecule has 1 aliphatic rings. The Morgan fingerprint density at radius 1 is 1.67 bits per heavy atom. The van der Waals surface area contributed by atoms with E-state index in [1.165, 1.54) is 17.8 Å². The quantitative estimate of drug-likeness (QED) is 0.721. The summed E-state index contributed by atoms with van der Waals surface area (Å²) in [7, 11) is 0. The Hall–Kier alpha value is -1.96.